The van der Waals surface area contributed by atoms with Crippen molar-refractivity contribution in [2.45, 2.75) is 18.5 Å². The number of pyridine rings is 1. The molecule has 0 bridgehead atoms. The van der Waals surface area contributed by atoms with Crippen LogP contribution in [-0.2, 0) is 6.54 Å². The van der Waals surface area contributed by atoms with Gasteiger partial charge in [0.2, 0.25) is 5.88 Å². The molecule has 36 heavy (non-hydrogen) atoms. The third-order valence-corrected chi connectivity index (χ3v) is 7.84. The molecule has 1 fully saturated rings. The van der Waals surface area contributed by atoms with E-state index in [1.807, 2.05) is 12.3 Å². The zero-order chi connectivity index (χ0) is 24.1. The zero-order valence-electron chi connectivity index (χ0n) is 20.3. The van der Waals surface area contributed by atoms with Crippen LogP contribution in [0, 0.1) is 5.92 Å². The van der Waals surface area contributed by atoms with E-state index in [4.69, 9.17) is 9.72 Å². The van der Waals surface area contributed by atoms with Crippen molar-refractivity contribution in [2.75, 3.05) is 20.2 Å². The molecule has 5 nitrogen and oxygen atoms in total. The first-order valence-corrected chi connectivity index (χ1v) is 12.6. The SMILES string of the molecule is COc1ccc(-c2ccc3nc4n(c3c2)[C@H](c2ccccc2)[C@@H]2CN(Cc3ccccc3)C[C@H]42)cn1. The maximum atomic E-state index is 5.25. The van der Waals surface area contributed by atoms with Gasteiger partial charge < -0.3 is 9.30 Å². The maximum absolute atomic E-state index is 5.25. The van der Waals surface area contributed by atoms with E-state index < -0.39 is 0 Å². The molecule has 0 radical (unpaired) electrons. The summed E-state index contributed by atoms with van der Waals surface area (Å²) in [6.45, 7) is 3.11. The maximum Gasteiger partial charge on any atom is 0.212 e. The van der Waals surface area contributed by atoms with Crippen molar-refractivity contribution in [2.24, 2.45) is 5.92 Å². The van der Waals surface area contributed by atoms with E-state index in [-0.39, 0.29) is 6.04 Å². The second-order valence-electron chi connectivity index (χ2n) is 9.94. The Morgan fingerprint density at radius 3 is 2.39 bits per heavy atom. The van der Waals surface area contributed by atoms with Gasteiger partial charge in [0.05, 0.1) is 24.2 Å². The number of hydrogen-bond donors (Lipinski definition) is 0. The molecule has 5 aromatic rings. The molecule has 0 unspecified atom stereocenters. The topological polar surface area (TPSA) is 43.2 Å². The first-order chi connectivity index (χ1) is 17.8. The number of imidazole rings is 1. The Balaban J connectivity index is 1.31. The molecule has 2 aliphatic heterocycles. The predicted octanol–water partition coefficient (Wildman–Crippen LogP) is 5.93. The van der Waals surface area contributed by atoms with Crippen molar-refractivity contribution in [3.8, 4) is 17.0 Å². The van der Waals surface area contributed by atoms with Gasteiger partial charge in [0.25, 0.3) is 0 Å². The molecule has 7 rings (SSSR count). The number of nitrogens with zero attached hydrogens (tertiary/aromatic N) is 4. The Morgan fingerprint density at radius 1 is 0.861 bits per heavy atom. The Hall–Kier alpha value is -3.96. The van der Waals surface area contributed by atoms with Gasteiger partial charge in [-0.2, -0.15) is 0 Å². The summed E-state index contributed by atoms with van der Waals surface area (Å²) in [5, 5.41) is 0. The summed E-state index contributed by atoms with van der Waals surface area (Å²) in [6.07, 6.45) is 1.88. The van der Waals surface area contributed by atoms with Crippen LogP contribution in [0.1, 0.15) is 28.9 Å². The minimum absolute atomic E-state index is 0.279. The van der Waals surface area contributed by atoms with Gasteiger partial charge in [-0.25, -0.2) is 9.97 Å². The van der Waals surface area contributed by atoms with Crippen LogP contribution >= 0.6 is 0 Å². The van der Waals surface area contributed by atoms with Gasteiger partial charge in [-0.15, -0.1) is 0 Å². The smallest absolute Gasteiger partial charge is 0.212 e. The molecule has 3 atom stereocenters. The predicted molar refractivity (Wildman–Crippen MR) is 142 cm³/mol. The highest BCUT2D eigenvalue weighted by atomic mass is 16.5. The van der Waals surface area contributed by atoms with Crippen LogP contribution < -0.4 is 4.74 Å². The fourth-order valence-corrected chi connectivity index (χ4v) is 6.23. The van der Waals surface area contributed by atoms with Gasteiger partial charge in [-0.1, -0.05) is 66.7 Å². The second-order valence-corrected chi connectivity index (χ2v) is 9.94. The molecule has 178 valence electrons. The van der Waals surface area contributed by atoms with Gasteiger partial charge in [0.15, 0.2) is 0 Å². The van der Waals surface area contributed by atoms with Crippen LogP contribution in [0.5, 0.6) is 5.88 Å². The molecular formula is C31H28N4O. The fourth-order valence-electron chi connectivity index (χ4n) is 6.23. The minimum atomic E-state index is 0.279. The summed E-state index contributed by atoms with van der Waals surface area (Å²) in [5.74, 6) is 2.79. The van der Waals surface area contributed by atoms with Gasteiger partial charge in [0, 0.05) is 49.3 Å². The van der Waals surface area contributed by atoms with Crippen molar-refractivity contribution in [3.05, 3.63) is 114 Å². The van der Waals surface area contributed by atoms with E-state index in [9.17, 15) is 0 Å². The summed E-state index contributed by atoms with van der Waals surface area (Å²) in [4.78, 5) is 12.2. The summed E-state index contributed by atoms with van der Waals surface area (Å²) in [6, 6.07) is 32.7. The van der Waals surface area contributed by atoms with E-state index in [0.717, 1.165) is 36.3 Å². The number of fused-ring (bicyclic) bond motifs is 5. The lowest BCUT2D eigenvalue weighted by Crippen LogP contribution is -2.24. The molecule has 4 heterocycles. The molecule has 5 heteroatoms. The lowest BCUT2D eigenvalue weighted by Gasteiger charge is -2.24. The molecule has 0 N–H and O–H groups in total. The van der Waals surface area contributed by atoms with Crippen molar-refractivity contribution in [1.29, 1.82) is 0 Å². The van der Waals surface area contributed by atoms with E-state index in [1.54, 1.807) is 7.11 Å². The van der Waals surface area contributed by atoms with Crippen LogP contribution in [0.4, 0.5) is 0 Å². The number of methoxy groups -OCH3 is 1. The second kappa shape index (κ2) is 8.61. The fraction of sp³-hybridized carbons (Fsp3) is 0.226. The van der Waals surface area contributed by atoms with Crippen molar-refractivity contribution in [3.63, 3.8) is 0 Å². The molecule has 2 aromatic heterocycles. The quantitative estimate of drug-likeness (QED) is 0.318. The summed E-state index contributed by atoms with van der Waals surface area (Å²) >= 11 is 0. The van der Waals surface area contributed by atoms with Gasteiger partial charge in [0.1, 0.15) is 5.82 Å². The molecular weight excluding hydrogens is 444 g/mol. The lowest BCUT2D eigenvalue weighted by atomic mass is 9.88. The third-order valence-electron chi connectivity index (χ3n) is 7.84. The third kappa shape index (κ3) is 3.50. The molecule has 0 spiro atoms. The average molecular weight is 473 g/mol. The monoisotopic (exact) mass is 472 g/mol. The van der Waals surface area contributed by atoms with E-state index >= 15 is 0 Å². The Kier molecular flexibility index (Phi) is 5.10. The lowest BCUT2D eigenvalue weighted by molar-refractivity contribution is 0.298. The average Bonchev–Trinajstić information content (AvgIpc) is 3.59. The summed E-state index contributed by atoms with van der Waals surface area (Å²) in [7, 11) is 1.64. The molecule has 2 aliphatic rings. The number of ether oxygens (including phenoxy) is 1. The number of likely N-dealkylation sites (tertiary alicyclic amines) is 1. The summed E-state index contributed by atoms with van der Waals surface area (Å²) in [5.41, 5.74) is 7.24. The standard InChI is InChI=1S/C31H28N4O/c1-36-29-15-13-24(17-32-29)23-12-14-27-28(16-23)35-30(22-10-6-3-7-11-22)25-19-34(20-26(25)31(35)33-27)18-21-8-4-2-5-9-21/h2-17,25-26,30H,18-20H2,1H3/t25-,26+,30-/m1/s1. The highest BCUT2D eigenvalue weighted by Gasteiger charge is 2.48. The first kappa shape index (κ1) is 21.3. The summed E-state index contributed by atoms with van der Waals surface area (Å²) < 4.78 is 7.77. The van der Waals surface area contributed by atoms with Crippen molar-refractivity contribution in [1.82, 2.24) is 19.4 Å². The normalized spacial score (nSPS) is 21.0. The number of benzene rings is 3. The van der Waals surface area contributed by atoms with Crippen LogP contribution in [0.15, 0.2) is 97.2 Å². The van der Waals surface area contributed by atoms with Gasteiger partial charge >= 0.3 is 0 Å². The molecule has 0 amide bonds. The number of aromatic nitrogens is 3. The van der Waals surface area contributed by atoms with Crippen LogP contribution in [0.2, 0.25) is 0 Å². The van der Waals surface area contributed by atoms with Gasteiger partial charge in [-0.05, 0) is 34.9 Å². The molecule has 1 saturated heterocycles. The molecule has 3 aromatic carbocycles. The van der Waals surface area contributed by atoms with Crippen molar-refractivity contribution < 1.29 is 4.74 Å². The van der Waals surface area contributed by atoms with Gasteiger partial charge in [-0.3, -0.25) is 4.90 Å². The minimum Gasteiger partial charge on any atom is -0.481 e. The highest BCUT2D eigenvalue weighted by molar-refractivity contribution is 5.83. The van der Waals surface area contributed by atoms with Crippen molar-refractivity contribution >= 4 is 11.0 Å². The van der Waals surface area contributed by atoms with Crippen LogP contribution in [-0.4, -0.2) is 39.6 Å². The van der Waals surface area contributed by atoms with Crippen LogP contribution in [0.25, 0.3) is 22.2 Å². The molecule has 0 saturated carbocycles. The Morgan fingerprint density at radius 2 is 1.64 bits per heavy atom. The largest absolute Gasteiger partial charge is 0.481 e. The molecule has 0 aliphatic carbocycles. The highest BCUT2D eigenvalue weighted by Crippen LogP contribution is 2.50. The number of rotatable bonds is 5. The van der Waals surface area contributed by atoms with E-state index in [1.165, 1.54) is 22.5 Å². The Bertz CT molecular complexity index is 1510. The zero-order valence-corrected chi connectivity index (χ0v) is 20.3. The van der Waals surface area contributed by atoms with Crippen LogP contribution in [0.3, 0.4) is 0 Å². The number of hydrogen-bond acceptors (Lipinski definition) is 4. The Labute approximate surface area is 211 Å². The first-order valence-electron chi connectivity index (χ1n) is 12.6. The van der Waals surface area contributed by atoms with E-state index in [0.29, 0.717) is 17.7 Å². The van der Waals surface area contributed by atoms with E-state index in [2.05, 4.69) is 99.4 Å².